The number of alkyl halides is 3. The number of anilines is 2. The average Bonchev–Trinajstić information content (AvgIpc) is 3.26. The molecule has 6 rings (SSSR count). The van der Waals surface area contributed by atoms with Crippen LogP contribution in [-0.4, -0.2) is 69.1 Å². The first-order chi connectivity index (χ1) is 20.9. The Morgan fingerprint density at radius 2 is 1.80 bits per heavy atom. The fraction of sp³-hybridized carbons (Fsp3) is 0.515. The predicted molar refractivity (Wildman–Crippen MR) is 167 cm³/mol. The van der Waals surface area contributed by atoms with Crippen molar-refractivity contribution in [2.24, 2.45) is 5.41 Å². The van der Waals surface area contributed by atoms with E-state index in [1.165, 1.54) is 56.2 Å². The zero-order chi connectivity index (χ0) is 31.1. The van der Waals surface area contributed by atoms with Crippen LogP contribution in [0.15, 0.2) is 47.4 Å². The molecule has 0 radical (unpaired) electrons. The number of methoxy groups -OCH3 is 1. The van der Waals surface area contributed by atoms with Crippen molar-refractivity contribution in [1.82, 2.24) is 9.47 Å². The molecule has 0 bridgehead atoms. The molecule has 2 aliphatic carbocycles. The van der Waals surface area contributed by atoms with Crippen molar-refractivity contribution in [2.45, 2.75) is 74.6 Å². The van der Waals surface area contributed by atoms with E-state index in [0.717, 1.165) is 43.0 Å². The van der Waals surface area contributed by atoms with Gasteiger partial charge in [0.25, 0.3) is 0 Å². The Balaban J connectivity index is 1.16. The summed E-state index contributed by atoms with van der Waals surface area (Å²) in [4.78, 5) is 2.78. The smallest absolute Gasteiger partial charge is 0.406 e. The number of benzene rings is 2. The molecule has 0 amide bonds. The van der Waals surface area contributed by atoms with Crippen LogP contribution in [0.2, 0.25) is 0 Å². The standard InChI is InChI=1S/C33H39F3N4O3S/c1-43-31-19-26(44(2,41)42)13-14-29(31)37-17-4-6-25-18-27-28(7-3-8-30(27)40(25)22-33(34,35)36)38-23-9-11-24(12-10-23)39-20-32(21-39)15-5-16-32/h3,7-8,13-14,18-19,23-24,37-38H,5,9-12,15-17,20-22H2,1-2H3. The van der Waals surface area contributed by atoms with E-state index in [4.69, 9.17) is 4.74 Å². The third kappa shape index (κ3) is 6.52. The minimum Gasteiger partial charge on any atom is -0.495 e. The number of hydrogen-bond acceptors (Lipinski definition) is 6. The van der Waals surface area contributed by atoms with Crippen LogP contribution in [0.4, 0.5) is 24.5 Å². The SMILES string of the molecule is COc1cc(S(C)(=O)=O)ccc1NCC#Cc1cc2c(NC3CCC(N4CC5(CCC5)C4)CC3)cccc2n1CC(F)(F)F. The third-order valence-corrected chi connectivity index (χ3v) is 10.6. The van der Waals surface area contributed by atoms with Gasteiger partial charge in [0, 0.05) is 48.6 Å². The van der Waals surface area contributed by atoms with Gasteiger partial charge in [-0.1, -0.05) is 18.4 Å². The molecule has 44 heavy (non-hydrogen) atoms. The number of sulfone groups is 1. The Kier molecular flexibility index (Phi) is 8.26. The predicted octanol–water partition coefficient (Wildman–Crippen LogP) is 6.29. The van der Waals surface area contributed by atoms with Gasteiger partial charge in [0.1, 0.15) is 12.3 Å². The molecule has 0 atom stereocenters. The topological polar surface area (TPSA) is 75.6 Å². The average molecular weight is 629 g/mol. The maximum absolute atomic E-state index is 13.7. The maximum atomic E-state index is 13.7. The van der Waals surface area contributed by atoms with E-state index < -0.39 is 22.6 Å². The molecule has 1 aliphatic heterocycles. The van der Waals surface area contributed by atoms with E-state index in [2.05, 4.69) is 27.4 Å². The Morgan fingerprint density at radius 3 is 2.43 bits per heavy atom. The highest BCUT2D eigenvalue weighted by Gasteiger charge is 2.49. The van der Waals surface area contributed by atoms with Crippen molar-refractivity contribution in [3.8, 4) is 17.6 Å². The number of fused-ring (bicyclic) bond motifs is 1. The number of nitrogens with one attached hydrogen (secondary N) is 2. The van der Waals surface area contributed by atoms with Gasteiger partial charge < -0.3 is 19.9 Å². The fourth-order valence-electron chi connectivity index (χ4n) is 7.06. The summed E-state index contributed by atoms with van der Waals surface area (Å²) in [6, 6.07) is 12.6. The van der Waals surface area contributed by atoms with Gasteiger partial charge in [-0.15, -0.1) is 0 Å². The summed E-state index contributed by atoms with van der Waals surface area (Å²) < 4.78 is 71.3. The van der Waals surface area contributed by atoms with Crippen molar-refractivity contribution in [1.29, 1.82) is 0 Å². The highest BCUT2D eigenvalue weighted by molar-refractivity contribution is 7.90. The van der Waals surface area contributed by atoms with E-state index in [1.54, 1.807) is 24.3 Å². The lowest BCUT2D eigenvalue weighted by Gasteiger charge is -2.59. The molecule has 0 unspecified atom stereocenters. The normalized spacial score (nSPS) is 21.7. The number of nitrogens with zero attached hydrogens (tertiary/aromatic N) is 2. The van der Waals surface area contributed by atoms with Gasteiger partial charge in [-0.3, -0.25) is 4.90 Å². The Hall–Kier alpha value is -3.36. The monoisotopic (exact) mass is 628 g/mol. The van der Waals surface area contributed by atoms with Crippen molar-refractivity contribution in [3.05, 3.63) is 48.2 Å². The number of likely N-dealkylation sites (tertiary alicyclic amines) is 1. The van der Waals surface area contributed by atoms with Crippen LogP contribution in [0.25, 0.3) is 10.9 Å². The lowest BCUT2D eigenvalue weighted by molar-refractivity contribution is -0.140. The molecule has 236 valence electrons. The summed E-state index contributed by atoms with van der Waals surface area (Å²) in [5, 5.41) is 7.44. The molecule has 11 heteroatoms. The molecule has 2 N–H and O–H groups in total. The van der Waals surface area contributed by atoms with Gasteiger partial charge in [0.15, 0.2) is 9.84 Å². The highest BCUT2D eigenvalue weighted by Crippen LogP contribution is 2.50. The summed E-state index contributed by atoms with van der Waals surface area (Å²) >= 11 is 0. The first kappa shape index (κ1) is 30.7. The zero-order valence-electron chi connectivity index (χ0n) is 25.1. The van der Waals surface area contributed by atoms with Crippen molar-refractivity contribution in [2.75, 3.05) is 43.6 Å². The van der Waals surface area contributed by atoms with Crippen molar-refractivity contribution in [3.63, 3.8) is 0 Å². The van der Waals surface area contributed by atoms with E-state index in [1.807, 2.05) is 6.07 Å². The zero-order valence-corrected chi connectivity index (χ0v) is 26.0. The van der Waals surface area contributed by atoms with Gasteiger partial charge in [0.05, 0.1) is 35.4 Å². The number of hydrogen-bond donors (Lipinski definition) is 2. The van der Waals surface area contributed by atoms with Crippen LogP contribution in [0.3, 0.4) is 0 Å². The maximum Gasteiger partial charge on any atom is 0.406 e. The van der Waals surface area contributed by atoms with E-state index in [-0.39, 0.29) is 23.2 Å². The number of halogens is 3. The first-order valence-electron chi connectivity index (χ1n) is 15.2. The van der Waals surface area contributed by atoms with Crippen LogP contribution >= 0.6 is 0 Å². The Labute approximate surface area is 257 Å². The van der Waals surface area contributed by atoms with E-state index in [0.29, 0.717) is 28.4 Å². The van der Waals surface area contributed by atoms with Crippen molar-refractivity contribution >= 4 is 32.1 Å². The molecule has 2 heterocycles. The molecule has 7 nitrogen and oxygen atoms in total. The minimum absolute atomic E-state index is 0.120. The van der Waals surface area contributed by atoms with Gasteiger partial charge in [0.2, 0.25) is 0 Å². The van der Waals surface area contributed by atoms with Gasteiger partial charge >= 0.3 is 6.18 Å². The summed E-state index contributed by atoms with van der Waals surface area (Å²) in [6.07, 6.45) is 5.23. The lowest BCUT2D eigenvalue weighted by Crippen LogP contribution is -2.63. The molecule has 3 fully saturated rings. The number of ether oxygens (including phenoxy) is 1. The summed E-state index contributed by atoms with van der Waals surface area (Å²) in [5.74, 6) is 6.19. The van der Waals surface area contributed by atoms with Gasteiger partial charge in [-0.2, -0.15) is 13.2 Å². The van der Waals surface area contributed by atoms with Crippen molar-refractivity contribution < 1.29 is 26.3 Å². The van der Waals surface area contributed by atoms with Gasteiger partial charge in [-0.25, -0.2) is 8.42 Å². The van der Waals surface area contributed by atoms with E-state index in [9.17, 15) is 21.6 Å². The molecular weight excluding hydrogens is 589 g/mol. The van der Waals surface area contributed by atoms with Crippen LogP contribution in [0, 0.1) is 17.3 Å². The first-order valence-corrected chi connectivity index (χ1v) is 17.1. The fourth-order valence-corrected chi connectivity index (χ4v) is 7.69. The second-order valence-electron chi connectivity index (χ2n) is 12.7. The van der Waals surface area contributed by atoms with Gasteiger partial charge in [-0.05, 0) is 80.2 Å². The Bertz CT molecular complexity index is 1690. The lowest BCUT2D eigenvalue weighted by atomic mass is 9.63. The number of aromatic nitrogens is 1. The third-order valence-electron chi connectivity index (χ3n) is 9.53. The summed E-state index contributed by atoms with van der Waals surface area (Å²) in [6.45, 7) is 1.49. The number of rotatable bonds is 8. The Morgan fingerprint density at radius 1 is 1.05 bits per heavy atom. The minimum atomic E-state index is -4.41. The second-order valence-corrected chi connectivity index (χ2v) is 14.7. The summed E-state index contributed by atoms with van der Waals surface area (Å²) in [5.41, 5.74) is 2.76. The van der Waals surface area contributed by atoms with Crippen LogP contribution in [-0.2, 0) is 16.4 Å². The largest absolute Gasteiger partial charge is 0.495 e. The molecule has 1 aromatic heterocycles. The van der Waals surface area contributed by atoms with Crippen LogP contribution < -0.4 is 15.4 Å². The van der Waals surface area contributed by atoms with E-state index >= 15 is 0 Å². The molecule has 3 aromatic rings. The molecule has 1 saturated heterocycles. The molecular formula is C33H39F3N4O3S. The van der Waals surface area contributed by atoms with Crippen LogP contribution in [0.1, 0.15) is 50.6 Å². The van der Waals surface area contributed by atoms with Crippen LogP contribution in [0.5, 0.6) is 5.75 Å². The summed E-state index contributed by atoms with van der Waals surface area (Å²) in [7, 11) is -1.97. The molecule has 2 aromatic carbocycles. The quantitative estimate of drug-likeness (QED) is 0.286. The molecule has 1 spiro atoms. The second kappa shape index (κ2) is 11.9. The molecule has 3 aliphatic rings. The molecule has 2 saturated carbocycles. The highest BCUT2D eigenvalue weighted by atomic mass is 32.2.